The van der Waals surface area contributed by atoms with E-state index in [1.54, 1.807) is 24.2 Å². The zero-order chi connectivity index (χ0) is 9.38. The summed E-state index contributed by atoms with van der Waals surface area (Å²) in [5.74, 6) is 0. The molecule has 1 aromatic heterocycles. The van der Waals surface area contributed by atoms with Crippen molar-refractivity contribution in [3.63, 3.8) is 0 Å². The van der Waals surface area contributed by atoms with Gasteiger partial charge in [-0.2, -0.15) is 0 Å². The van der Waals surface area contributed by atoms with Crippen molar-refractivity contribution >= 4 is 31.8 Å². The fourth-order valence-electron chi connectivity index (χ4n) is 1.59. The van der Waals surface area contributed by atoms with Crippen LogP contribution in [0.5, 0.6) is 0 Å². The highest BCUT2D eigenvalue weighted by atomic mass is 32.2. The van der Waals surface area contributed by atoms with Gasteiger partial charge in [-0.15, -0.1) is 0 Å². The van der Waals surface area contributed by atoms with Crippen LogP contribution in [0.2, 0.25) is 0 Å². The molecular weight excluding hydrogens is 208 g/mol. The van der Waals surface area contributed by atoms with Crippen molar-refractivity contribution in [1.29, 1.82) is 0 Å². The Morgan fingerprint density at radius 1 is 1.07 bits per heavy atom. The lowest BCUT2D eigenvalue weighted by atomic mass is 10.4. The van der Waals surface area contributed by atoms with Crippen LogP contribution in [0, 0.1) is 0 Å². The molecule has 2 heterocycles. The third kappa shape index (κ3) is 1.27. The molecule has 1 aliphatic rings. The van der Waals surface area contributed by atoms with E-state index in [2.05, 4.69) is 34.2 Å². The van der Waals surface area contributed by atoms with E-state index < -0.39 is 0 Å². The van der Waals surface area contributed by atoms with Crippen molar-refractivity contribution in [2.45, 2.75) is 9.92 Å². The first-order valence-electron chi connectivity index (χ1n) is 4.49. The third-order valence-corrected chi connectivity index (χ3v) is 5.79. The number of aromatic nitrogens is 2. The maximum Gasteiger partial charge on any atom is 0.117 e. The topological polar surface area (TPSA) is 25.8 Å². The first-order valence-corrected chi connectivity index (χ1v) is 6.72. The number of rotatable bonds is 0. The molecule has 1 aromatic carbocycles. The van der Waals surface area contributed by atoms with Gasteiger partial charge in [0.1, 0.15) is 14.5 Å². The molecule has 68 valence electrons. The number of nitrogens with zero attached hydrogens (tertiary/aromatic N) is 2. The number of hydrogen-bond acceptors (Lipinski definition) is 3. The quantitative estimate of drug-likeness (QED) is 0.497. The van der Waals surface area contributed by atoms with E-state index in [-0.39, 0.29) is 9.52 Å². The SMILES string of the molecule is c1ccc2c(c1)[SiH2]c1nccnc1S2. The molecule has 2 nitrogen and oxygen atoms in total. The number of benzene rings is 1. The molecule has 0 unspecified atom stereocenters. The molecule has 0 fully saturated rings. The molecule has 0 amide bonds. The van der Waals surface area contributed by atoms with Crippen LogP contribution in [0.3, 0.4) is 0 Å². The number of fused-ring (bicyclic) bond motifs is 2. The van der Waals surface area contributed by atoms with E-state index in [9.17, 15) is 0 Å². The van der Waals surface area contributed by atoms with Crippen molar-refractivity contribution in [2.75, 3.05) is 0 Å². The summed E-state index contributed by atoms with van der Waals surface area (Å²) in [6.07, 6.45) is 3.56. The fourth-order valence-corrected chi connectivity index (χ4v) is 4.64. The van der Waals surface area contributed by atoms with E-state index in [0.717, 1.165) is 5.03 Å². The Kier molecular flexibility index (Phi) is 1.88. The lowest BCUT2D eigenvalue weighted by molar-refractivity contribution is 1.09. The summed E-state index contributed by atoms with van der Waals surface area (Å²) < 4.78 is 0. The smallest absolute Gasteiger partial charge is 0.117 e. The van der Waals surface area contributed by atoms with Crippen molar-refractivity contribution in [3.05, 3.63) is 36.7 Å². The van der Waals surface area contributed by atoms with Crippen LogP contribution in [-0.4, -0.2) is 19.5 Å². The first-order chi connectivity index (χ1) is 6.93. The Hall–Kier alpha value is -1.13. The molecule has 1 aliphatic heterocycles. The summed E-state index contributed by atoms with van der Waals surface area (Å²) in [6.45, 7) is 0. The first kappa shape index (κ1) is 8.20. The van der Waals surface area contributed by atoms with Gasteiger partial charge in [0.25, 0.3) is 0 Å². The molecule has 0 saturated heterocycles. The second kappa shape index (κ2) is 3.22. The summed E-state index contributed by atoms with van der Waals surface area (Å²) in [5.41, 5.74) is 0. The van der Waals surface area contributed by atoms with Crippen molar-refractivity contribution in [1.82, 2.24) is 9.97 Å². The van der Waals surface area contributed by atoms with E-state index in [1.165, 1.54) is 15.4 Å². The Labute approximate surface area is 88.6 Å². The van der Waals surface area contributed by atoms with Crippen LogP contribution in [0.25, 0.3) is 0 Å². The molecule has 0 bridgehead atoms. The van der Waals surface area contributed by atoms with E-state index in [4.69, 9.17) is 0 Å². The molecule has 0 atom stereocenters. The van der Waals surface area contributed by atoms with Gasteiger partial charge in [0.2, 0.25) is 0 Å². The normalized spacial score (nSPS) is 14.9. The van der Waals surface area contributed by atoms with Gasteiger partial charge in [-0.3, -0.25) is 4.98 Å². The summed E-state index contributed by atoms with van der Waals surface area (Å²) in [5, 5.41) is 3.83. The Balaban J connectivity index is 2.12. The van der Waals surface area contributed by atoms with Crippen LogP contribution in [-0.2, 0) is 0 Å². The van der Waals surface area contributed by atoms with E-state index >= 15 is 0 Å². The highest BCUT2D eigenvalue weighted by Gasteiger charge is 2.17. The average molecular weight is 216 g/mol. The highest BCUT2D eigenvalue weighted by molar-refractivity contribution is 7.99. The van der Waals surface area contributed by atoms with Gasteiger partial charge in [-0.05, 0) is 11.3 Å². The predicted octanol–water partition coefficient (Wildman–Crippen LogP) is 0.0608. The molecule has 0 aliphatic carbocycles. The van der Waals surface area contributed by atoms with Gasteiger partial charge in [-0.25, -0.2) is 4.98 Å². The van der Waals surface area contributed by atoms with Crippen LogP contribution >= 0.6 is 11.8 Å². The second-order valence-corrected chi connectivity index (χ2v) is 6.01. The largest absolute Gasteiger partial charge is 0.262 e. The third-order valence-electron chi connectivity index (χ3n) is 2.27. The lowest BCUT2D eigenvalue weighted by Gasteiger charge is -2.15. The van der Waals surface area contributed by atoms with Crippen LogP contribution in [0.1, 0.15) is 0 Å². The Bertz CT molecular complexity index is 400. The molecule has 4 heteroatoms. The van der Waals surface area contributed by atoms with Gasteiger partial charge in [-0.1, -0.05) is 30.0 Å². The zero-order valence-corrected chi connectivity index (χ0v) is 9.70. The molecule has 0 spiro atoms. The van der Waals surface area contributed by atoms with Gasteiger partial charge in [0, 0.05) is 17.3 Å². The fraction of sp³-hybridized carbons (Fsp3) is 0. The molecule has 3 rings (SSSR count). The van der Waals surface area contributed by atoms with Crippen molar-refractivity contribution < 1.29 is 0 Å². The second-order valence-electron chi connectivity index (χ2n) is 3.19. The van der Waals surface area contributed by atoms with Crippen molar-refractivity contribution in [2.24, 2.45) is 0 Å². The van der Waals surface area contributed by atoms with Crippen LogP contribution < -0.4 is 10.5 Å². The summed E-state index contributed by atoms with van der Waals surface area (Å²) >= 11 is 1.74. The van der Waals surface area contributed by atoms with Gasteiger partial charge >= 0.3 is 0 Å². The summed E-state index contributed by atoms with van der Waals surface area (Å²) in [7, 11) is -0.389. The molecule has 2 aromatic rings. The monoisotopic (exact) mass is 216 g/mol. The Morgan fingerprint density at radius 3 is 2.93 bits per heavy atom. The minimum atomic E-state index is -0.389. The van der Waals surface area contributed by atoms with Gasteiger partial charge < -0.3 is 0 Å². The lowest BCUT2D eigenvalue weighted by Crippen LogP contribution is -2.35. The van der Waals surface area contributed by atoms with Gasteiger partial charge in [0.05, 0.1) is 5.32 Å². The molecule has 0 radical (unpaired) electrons. The molecule has 0 saturated carbocycles. The molecule has 14 heavy (non-hydrogen) atoms. The molecule has 0 N–H and O–H groups in total. The summed E-state index contributed by atoms with van der Waals surface area (Å²) in [6, 6.07) is 8.58. The maximum absolute atomic E-state index is 4.40. The Morgan fingerprint density at radius 2 is 1.93 bits per heavy atom. The maximum atomic E-state index is 4.40. The van der Waals surface area contributed by atoms with Crippen LogP contribution in [0.15, 0.2) is 46.6 Å². The minimum absolute atomic E-state index is 0.389. The van der Waals surface area contributed by atoms with Crippen LogP contribution in [0.4, 0.5) is 0 Å². The highest BCUT2D eigenvalue weighted by Crippen LogP contribution is 2.24. The molecular formula is C10H8N2SSi. The minimum Gasteiger partial charge on any atom is -0.262 e. The van der Waals surface area contributed by atoms with E-state index in [1.807, 2.05) is 0 Å². The summed E-state index contributed by atoms with van der Waals surface area (Å²) in [4.78, 5) is 10.1. The standard InChI is InChI=1S/C10H8N2SSi/c1-2-4-8-7(3-1)13-9-10(14-8)12-6-5-11-9/h1-6H,14H2. The van der Waals surface area contributed by atoms with E-state index in [0.29, 0.717) is 0 Å². The zero-order valence-electron chi connectivity index (χ0n) is 7.47. The van der Waals surface area contributed by atoms with Crippen molar-refractivity contribution in [3.8, 4) is 0 Å². The van der Waals surface area contributed by atoms with Gasteiger partial charge in [0.15, 0.2) is 0 Å². The average Bonchev–Trinajstić information content (AvgIpc) is 2.26. The number of hydrogen-bond donors (Lipinski definition) is 0. The predicted molar refractivity (Wildman–Crippen MR) is 60.4 cm³/mol.